The van der Waals surface area contributed by atoms with Crippen LogP contribution in [-0.4, -0.2) is 13.3 Å². The molecule has 0 saturated heterocycles. The molecule has 0 aromatic carbocycles. The van der Waals surface area contributed by atoms with Gasteiger partial charge in [-0.15, -0.1) is 6.58 Å². The molecule has 2 nitrogen and oxygen atoms in total. The lowest BCUT2D eigenvalue weighted by Crippen LogP contribution is -2.39. The number of hydrogen-bond donors (Lipinski definition) is 0. The summed E-state index contributed by atoms with van der Waals surface area (Å²) in [6, 6.07) is 2.10. The maximum absolute atomic E-state index is 6.09. The molecule has 0 N–H and O–H groups in total. The Labute approximate surface area is 85.8 Å². The molecule has 1 atom stereocenters. The first-order chi connectivity index (χ1) is 6.65. The van der Waals surface area contributed by atoms with Crippen LogP contribution < -0.4 is 5.19 Å². The first-order valence-corrected chi connectivity index (χ1v) is 7.79. The lowest BCUT2D eigenvalue weighted by Gasteiger charge is -2.17. The van der Waals surface area contributed by atoms with Crippen molar-refractivity contribution in [2.24, 2.45) is 0 Å². The van der Waals surface area contributed by atoms with Crippen LogP contribution in [0, 0.1) is 0 Å². The zero-order valence-corrected chi connectivity index (χ0v) is 9.66. The van der Waals surface area contributed by atoms with Crippen molar-refractivity contribution in [3.8, 4) is 0 Å². The normalized spacial score (nSPS) is 23.1. The molecule has 3 heteroatoms. The minimum absolute atomic E-state index is 0.192. The summed E-state index contributed by atoms with van der Waals surface area (Å²) in [4.78, 5) is 4.16. The summed E-state index contributed by atoms with van der Waals surface area (Å²) in [5, 5.41) is 1.39. The summed E-state index contributed by atoms with van der Waals surface area (Å²) >= 11 is 0. The van der Waals surface area contributed by atoms with Crippen LogP contribution in [-0.2, 0) is 4.43 Å². The molecule has 1 unspecified atom stereocenters. The SMILES string of the molecule is C=CCC1O[Si](C)(C)c2ccncc21. The van der Waals surface area contributed by atoms with Crippen LogP contribution >= 0.6 is 0 Å². The molecule has 74 valence electrons. The molecule has 1 aliphatic heterocycles. The third-order valence-electron chi connectivity index (χ3n) is 2.67. The highest BCUT2D eigenvalue weighted by Crippen LogP contribution is 2.31. The van der Waals surface area contributed by atoms with E-state index in [4.69, 9.17) is 4.43 Å². The average molecular weight is 205 g/mol. The highest BCUT2D eigenvalue weighted by Gasteiger charge is 2.39. The van der Waals surface area contributed by atoms with Crippen molar-refractivity contribution < 1.29 is 4.43 Å². The highest BCUT2D eigenvalue weighted by atomic mass is 28.4. The van der Waals surface area contributed by atoms with Gasteiger partial charge in [0.1, 0.15) is 0 Å². The third kappa shape index (κ3) is 1.42. The summed E-state index contributed by atoms with van der Waals surface area (Å²) in [5.74, 6) is 0. The molecule has 2 heterocycles. The molecule has 1 aromatic rings. The smallest absolute Gasteiger partial charge is 0.219 e. The molecular weight excluding hydrogens is 190 g/mol. The first-order valence-electron chi connectivity index (χ1n) is 4.88. The van der Waals surface area contributed by atoms with Crippen molar-refractivity contribution in [1.29, 1.82) is 0 Å². The molecule has 1 aliphatic rings. The van der Waals surface area contributed by atoms with E-state index in [2.05, 4.69) is 30.7 Å². The van der Waals surface area contributed by atoms with Crippen LogP contribution in [0.15, 0.2) is 31.1 Å². The lowest BCUT2D eigenvalue weighted by atomic mass is 10.1. The van der Waals surface area contributed by atoms with Gasteiger partial charge in [-0.1, -0.05) is 6.08 Å². The van der Waals surface area contributed by atoms with E-state index < -0.39 is 8.32 Å². The number of rotatable bonds is 2. The maximum atomic E-state index is 6.09. The Morgan fingerprint density at radius 2 is 2.43 bits per heavy atom. The minimum atomic E-state index is -1.65. The number of nitrogens with zero attached hydrogens (tertiary/aromatic N) is 1. The zero-order chi connectivity index (χ0) is 10.2. The van der Waals surface area contributed by atoms with Crippen molar-refractivity contribution in [2.75, 3.05) is 0 Å². The van der Waals surface area contributed by atoms with Crippen molar-refractivity contribution in [1.82, 2.24) is 4.98 Å². The van der Waals surface area contributed by atoms with Gasteiger partial charge in [0, 0.05) is 12.4 Å². The molecule has 0 spiro atoms. The summed E-state index contributed by atoms with van der Waals surface area (Å²) in [6.07, 6.45) is 6.78. The van der Waals surface area contributed by atoms with E-state index >= 15 is 0 Å². The van der Waals surface area contributed by atoms with Crippen LogP contribution in [0.25, 0.3) is 0 Å². The van der Waals surface area contributed by atoms with Gasteiger partial charge < -0.3 is 4.43 Å². The van der Waals surface area contributed by atoms with Gasteiger partial charge in [-0.2, -0.15) is 0 Å². The van der Waals surface area contributed by atoms with E-state index in [0.717, 1.165) is 6.42 Å². The van der Waals surface area contributed by atoms with E-state index in [9.17, 15) is 0 Å². The Morgan fingerprint density at radius 3 is 3.14 bits per heavy atom. The zero-order valence-electron chi connectivity index (χ0n) is 8.66. The Kier molecular flexibility index (Phi) is 2.29. The largest absolute Gasteiger partial charge is 0.406 e. The van der Waals surface area contributed by atoms with Gasteiger partial charge in [0.15, 0.2) is 0 Å². The van der Waals surface area contributed by atoms with Gasteiger partial charge in [0.25, 0.3) is 0 Å². The van der Waals surface area contributed by atoms with Gasteiger partial charge in [0.05, 0.1) is 6.10 Å². The first kappa shape index (κ1) is 9.62. The molecule has 1 aromatic heterocycles. The summed E-state index contributed by atoms with van der Waals surface area (Å²) in [6.45, 7) is 8.22. The van der Waals surface area contributed by atoms with Crippen LogP contribution in [0.3, 0.4) is 0 Å². The van der Waals surface area contributed by atoms with Crippen molar-refractivity contribution in [2.45, 2.75) is 25.6 Å². The van der Waals surface area contributed by atoms with E-state index in [1.165, 1.54) is 10.8 Å². The Morgan fingerprint density at radius 1 is 1.64 bits per heavy atom. The summed E-state index contributed by atoms with van der Waals surface area (Å²) < 4.78 is 6.09. The predicted molar refractivity (Wildman–Crippen MR) is 60.0 cm³/mol. The standard InChI is InChI=1S/C11H15NOSi/c1-4-5-10-9-8-12-7-6-11(9)14(2,3)13-10/h4,6-8,10H,1,5H2,2-3H3. The molecule has 0 aliphatic carbocycles. The van der Waals surface area contributed by atoms with Gasteiger partial charge >= 0.3 is 0 Å². The fourth-order valence-corrected chi connectivity index (χ4v) is 4.48. The molecule has 2 rings (SSSR count). The van der Waals surface area contributed by atoms with Gasteiger partial charge in [-0.05, 0) is 36.3 Å². The van der Waals surface area contributed by atoms with Crippen LogP contribution in [0.2, 0.25) is 13.1 Å². The van der Waals surface area contributed by atoms with Gasteiger partial charge in [-0.25, -0.2) is 0 Å². The highest BCUT2D eigenvalue weighted by molar-refractivity contribution is 6.85. The van der Waals surface area contributed by atoms with Gasteiger partial charge in [0.2, 0.25) is 8.32 Å². The maximum Gasteiger partial charge on any atom is 0.219 e. The fourth-order valence-electron chi connectivity index (χ4n) is 2.02. The van der Waals surface area contributed by atoms with E-state index in [1.54, 1.807) is 0 Å². The Bertz CT molecular complexity index is 362. The molecule has 0 fully saturated rings. The Hall–Kier alpha value is -0.933. The Balaban J connectivity index is 2.43. The minimum Gasteiger partial charge on any atom is -0.406 e. The van der Waals surface area contributed by atoms with Crippen molar-refractivity contribution >= 4 is 13.5 Å². The third-order valence-corrected chi connectivity index (χ3v) is 5.29. The molecular formula is C11H15NOSi. The molecule has 0 saturated carbocycles. The molecule has 0 bridgehead atoms. The second-order valence-corrected chi connectivity index (χ2v) is 7.90. The van der Waals surface area contributed by atoms with Crippen LogP contribution in [0.5, 0.6) is 0 Å². The number of hydrogen-bond acceptors (Lipinski definition) is 2. The topological polar surface area (TPSA) is 22.1 Å². The summed E-state index contributed by atoms with van der Waals surface area (Å²) in [5.41, 5.74) is 1.27. The molecule has 14 heavy (non-hydrogen) atoms. The van der Waals surface area contributed by atoms with E-state index in [1.807, 2.05) is 18.5 Å². The fraction of sp³-hybridized carbons (Fsp3) is 0.364. The lowest BCUT2D eigenvalue weighted by molar-refractivity contribution is 0.219. The number of pyridine rings is 1. The number of fused-ring (bicyclic) bond motifs is 1. The second-order valence-electron chi connectivity index (χ2n) is 4.10. The number of aromatic nitrogens is 1. The van der Waals surface area contributed by atoms with Crippen LogP contribution in [0.4, 0.5) is 0 Å². The van der Waals surface area contributed by atoms with E-state index in [0.29, 0.717) is 0 Å². The van der Waals surface area contributed by atoms with Crippen molar-refractivity contribution in [3.05, 3.63) is 36.7 Å². The average Bonchev–Trinajstić information content (AvgIpc) is 2.41. The van der Waals surface area contributed by atoms with E-state index in [-0.39, 0.29) is 6.10 Å². The predicted octanol–water partition coefficient (Wildman–Crippen LogP) is 2.14. The second kappa shape index (κ2) is 3.33. The summed E-state index contributed by atoms with van der Waals surface area (Å²) in [7, 11) is -1.65. The van der Waals surface area contributed by atoms with Gasteiger partial charge in [-0.3, -0.25) is 4.98 Å². The monoisotopic (exact) mass is 205 g/mol. The van der Waals surface area contributed by atoms with Crippen molar-refractivity contribution in [3.63, 3.8) is 0 Å². The molecule has 0 amide bonds. The molecule has 0 radical (unpaired) electrons. The quantitative estimate of drug-likeness (QED) is 0.545. The van der Waals surface area contributed by atoms with Crippen LogP contribution in [0.1, 0.15) is 18.1 Å².